The normalized spacial score (nSPS) is 11.5. The number of hydrogen-bond donors (Lipinski definition) is 1. The molecule has 0 saturated heterocycles. The van der Waals surface area contributed by atoms with Crippen molar-refractivity contribution in [3.63, 3.8) is 0 Å². The van der Waals surface area contributed by atoms with Crippen LogP contribution in [-0.2, 0) is 0 Å². The fourth-order valence-corrected chi connectivity index (χ4v) is 2.25. The fraction of sp³-hybridized carbons (Fsp3) is 0.353. The minimum Gasteiger partial charge on any atom is -0.450 e. The second-order valence-corrected chi connectivity index (χ2v) is 6.27. The van der Waals surface area contributed by atoms with Crippen LogP contribution in [0.5, 0.6) is 11.5 Å². The molecule has 2 aromatic rings. The maximum atomic E-state index is 12.1. The summed E-state index contributed by atoms with van der Waals surface area (Å²) in [5.41, 5.74) is -0.396. The lowest BCUT2D eigenvalue weighted by Crippen LogP contribution is -2.35. The van der Waals surface area contributed by atoms with Gasteiger partial charge in [-0.25, -0.2) is 9.98 Å². The molecule has 0 fully saturated rings. The van der Waals surface area contributed by atoms with E-state index >= 15 is 0 Å². The zero-order valence-electron chi connectivity index (χ0n) is 14.2. The van der Waals surface area contributed by atoms with E-state index in [1.54, 1.807) is 30.6 Å². The van der Waals surface area contributed by atoms with E-state index in [2.05, 4.69) is 47.6 Å². The fourth-order valence-electron chi connectivity index (χ4n) is 2.13. The molecule has 128 valence electrons. The van der Waals surface area contributed by atoms with Gasteiger partial charge < -0.3 is 9.64 Å². The molecule has 0 bridgehead atoms. The molecule has 0 spiro atoms. The molecular weight excluding hydrogens is 328 g/mol. The summed E-state index contributed by atoms with van der Waals surface area (Å²) >= 11 is 5.82. The van der Waals surface area contributed by atoms with Crippen LogP contribution in [0.2, 0.25) is 5.02 Å². The lowest BCUT2D eigenvalue weighted by molar-refractivity contribution is 0.301. The van der Waals surface area contributed by atoms with Crippen molar-refractivity contribution in [3.05, 3.63) is 45.8 Å². The van der Waals surface area contributed by atoms with E-state index in [1.807, 2.05) is 0 Å². The molecule has 0 saturated carbocycles. The molecule has 0 unspecified atom stereocenters. The van der Waals surface area contributed by atoms with Crippen molar-refractivity contribution in [1.29, 1.82) is 0 Å². The van der Waals surface area contributed by atoms with Gasteiger partial charge in [0.15, 0.2) is 0 Å². The topological polar surface area (TPSA) is 70.6 Å². The molecule has 24 heavy (non-hydrogen) atoms. The smallest absolute Gasteiger partial charge is 0.295 e. The molecule has 0 aliphatic heterocycles. The van der Waals surface area contributed by atoms with Crippen LogP contribution in [-0.4, -0.2) is 33.3 Å². The first-order chi connectivity index (χ1) is 11.4. The minimum atomic E-state index is -0.396. The number of ether oxygens (including phenoxy) is 1. The van der Waals surface area contributed by atoms with Crippen LogP contribution < -0.4 is 10.3 Å². The summed E-state index contributed by atoms with van der Waals surface area (Å²) in [6.45, 7) is 8.30. The molecule has 2 rings (SSSR count). The second kappa shape index (κ2) is 7.97. The van der Waals surface area contributed by atoms with Crippen molar-refractivity contribution in [2.24, 2.45) is 4.99 Å². The average molecular weight is 349 g/mol. The highest BCUT2D eigenvalue weighted by atomic mass is 35.5. The van der Waals surface area contributed by atoms with E-state index in [0.29, 0.717) is 22.9 Å². The van der Waals surface area contributed by atoms with E-state index in [9.17, 15) is 4.79 Å². The summed E-state index contributed by atoms with van der Waals surface area (Å²) in [6, 6.07) is 7.32. The quantitative estimate of drug-likeness (QED) is 0.632. The Balaban J connectivity index is 2.14. The molecule has 1 heterocycles. The predicted molar refractivity (Wildman–Crippen MR) is 96.6 cm³/mol. The zero-order valence-corrected chi connectivity index (χ0v) is 14.9. The van der Waals surface area contributed by atoms with Crippen LogP contribution in [0.15, 0.2) is 40.2 Å². The molecule has 1 N–H and O–H groups in total. The van der Waals surface area contributed by atoms with Crippen LogP contribution in [0, 0.1) is 0 Å². The molecule has 0 aliphatic rings. The minimum absolute atomic E-state index is 0.0980. The molecular formula is C17H21ClN4O2. The number of aromatic amines is 1. The van der Waals surface area contributed by atoms with E-state index in [-0.39, 0.29) is 11.7 Å². The van der Waals surface area contributed by atoms with Crippen LogP contribution >= 0.6 is 11.6 Å². The van der Waals surface area contributed by atoms with Crippen LogP contribution in [0.4, 0.5) is 5.95 Å². The Morgan fingerprint density at radius 3 is 2.38 bits per heavy atom. The molecule has 7 heteroatoms. The Hall–Kier alpha value is -2.34. The van der Waals surface area contributed by atoms with Gasteiger partial charge in [0.25, 0.3) is 5.56 Å². The highest BCUT2D eigenvalue weighted by Gasteiger charge is 2.09. The lowest BCUT2D eigenvalue weighted by Gasteiger charge is -2.27. The first kappa shape index (κ1) is 18.0. The van der Waals surface area contributed by atoms with Gasteiger partial charge in [-0.15, -0.1) is 0 Å². The molecule has 0 radical (unpaired) electrons. The van der Waals surface area contributed by atoms with Gasteiger partial charge in [0.1, 0.15) is 5.75 Å². The molecule has 1 aromatic carbocycles. The van der Waals surface area contributed by atoms with E-state index in [1.165, 1.54) is 6.20 Å². The third-order valence-electron chi connectivity index (χ3n) is 3.30. The Labute approximate surface area is 146 Å². The van der Waals surface area contributed by atoms with Gasteiger partial charge in [-0.1, -0.05) is 11.6 Å². The standard InChI is InChI=1S/C17H21ClN4O2/c1-11(2)22(12(3)4)10-20-17-19-9-15(16(23)21-17)24-14-7-5-13(18)6-8-14/h5-12H,1-4H3,(H,19,21,23). The summed E-state index contributed by atoms with van der Waals surface area (Å²) in [6.07, 6.45) is 3.04. The van der Waals surface area contributed by atoms with Crippen molar-refractivity contribution in [1.82, 2.24) is 14.9 Å². The number of aliphatic imine (C=N–C) groups is 1. The van der Waals surface area contributed by atoms with Crippen molar-refractivity contribution < 1.29 is 4.74 Å². The maximum Gasteiger partial charge on any atom is 0.295 e. The number of rotatable bonds is 6. The molecule has 1 aromatic heterocycles. The van der Waals surface area contributed by atoms with Gasteiger partial charge in [-0.2, -0.15) is 0 Å². The second-order valence-electron chi connectivity index (χ2n) is 5.84. The third-order valence-corrected chi connectivity index (χ3v) is 3.55. The average Bonchev–Trinajstić information content (AvgIpc) is 2.51. The van der Waals surface area contributed by atoms with Gasteiger partial charge >= 0.3 is 0 Å². The zero-order chi connectivity index (χ0) is 17.7. The molecule has 0 amide bonds. The Kier molecular flexibility index (Phi) is 5.98. The van der Waals surface area contributed by atoms with Crippen LogP contribution in [0.1, 0.15) is 27.7 Å². The highest BCUT2D eigenvalue weighted by molar-refractivity contribution is 6.30. The van der Waals surface area contributed by atoms with Crippen molar-refractivity contribution >= 4 is 23.9 Å². The van der Waals surface area contributed by atoms with Crippen molar-refractivity contribution in [2.45, 2.75) is 39.8 Å². The summed E-state index contributed by atoms with van der Waals surface area (Å²) in [7, 11) is 0. The summed E-state index contributed by atoms with van der Waals surface area (Å²) in [4.78, 5) is 25.1. The Morgan fingerprint density at radius 2 is 1.83 bits per heavy atom. The largest absolute Gasteiger partial charge is 0.450 e. The van der Waals surface area contributed by atoms with E-state index in [0.717, 1.165) is 0 Å². The Morgan fingerprint density at radius 1 is 1.21 bits per heavy atom. The molecule has 0 atom stereocenters. The number of nitrogens with zero attached hydrogens (tertiary/aromatic N) is 3. The monoisotopic (exact) mass is 348 g/mol. The SMILES string of the molecule is CC(C)N(C=Nc1ncc(Oc2ccc(Cl)cc2)c(=O)[nH]1)C(C)C. The van der Waals surface area contributed by atoms with Gasteiger partial charge in [0.05, 0.1) is 12.5 Å². The summed E-state index contributed by atoms with van der Waals surface area (Å²) < 4.78 is 5.49. The number of aromatic nitrogens is 2. The van der Waals surface area contributed by atoms with E-state index in [4.69, 9.17) is 16.3 Å². The summed E-state index contributed by atoms with van der Waals surface area (Å²) in [5.74, 6) is 0.837. The number of H-pyrrole nitrogens is 1. The van der Waals surface area contributed by atoms with Crippen LogP contribution in [0.3, 0.4) is 0 Å². The number of hydrogen-bond acceptors (Lipinski definition) is 4. The van der Waals surface area contributed by atoms with Gasteiger partial charge in [-0.05, 0) is 52.0 Å². The van der Waals surface area contributed by atoms with E-state index < -0.39 is 5.56 Å². The van der Waals surface area contributed by atoms with Crippen LogP contribution in [0.25, 0.3) is 0 Å². The van der Waals surface area contributed by atoms with Crippen molar-refractivity contribution in [3.8, 4) is 11.5 Å². The van der Waals surface area contributed by atoms with Gasteiger partial charge in [-0.3, -0.25) is 9.78 Å². The number of nitrogens with one attached hydrogen (secondary N) is 1. The summed E-state index contributed by atoms with van der Waals surface area (Å²) in [5, 5.41) is 0.596. The maximum absolute atomic E-state index is 12.1. The molecule has 6 nitrogen and oxygen atoms in total. The predicted octanol–water partition coefficient (Wildman–Crippen LogP) is 3.99. The number of benzene rings is 1. The van der Waals surface area contributed by atoms with Gasteiger partial charge in [0, 0.05) is 17.1 Å². The van der Waals surface area contributed by atoms with Gasteiger partial charge in [0.2, 0.25) is 11.7 Å². The van der Waals surface area contributed by atoms with Crippen molar-refractivity contribution in [2.75, 3.05) is 0 Å². The highest BCUT2D eigenvalue weighted by Crippen LogP contribution is 2.20. The first-order valence-electron chi connectivity index (χ1n) is 7.71. The molecule has 0 aliphatic carbocycles. The first-order valence-corrected chi connectivity index (χ1v) is 8.09. The lowest BCUT2D eigenvalue weighted by atomic mass is 10.2. The number of halogens is 1. The third kappa shape index (κ3) is 4.83. The Bertz CT molecular complexity index is 746.